The average molecular weight is 210 g/mol. The third kappa shape index (κ3) is 1.88. The molecule has 0 spiro atoms. The van der Waals surface area contributed by atoms with Crippen molar-refractivity contribution in [2.45, 2.75) is 13.1 Å². The van der Waals surface area contributed by atoms with Crippen molar-refractivity contribution in [3.8, 4) is 6.07 Å². The molecule has 1 heterocycles. The first-order valence-corrected chi connectivity index (χ1v) is 4.27. The SMILES string of the molecule is CNN1Cc2ccc(C#N)cc2C1.Cl. The fourth-order valence-electron chi connectivity index (χ4n) is 1.62. The van der Waals surface area contributed by atoms with Gasteiger partial charge in [-0.05, 0) is 30.3 Å². The van der Waals surface area contributed by atoms with E-state index in [2.05, 4.69) is 16.5 Å². The van der Waals surface area contributed by atoms with Gasteiger partial charge in [-0.2, -0.15) is 5.26 Å². The van der Waals surface area contributed by atoms with Gasteiger partial charge in [-0.15, -0.1) is 12.4 Å². The van der Waals surface area contributed by atoms with E-state index >= 15 is 0 Å². The number of nitrogens with one attached hydrogen (secondary N) is 1. The van der Waals surface area contributed by atoms with Gasteiger partial charge >= 0.3 is 0 Å². The highest BCUT2D eigenvalue weighted by atomic mass is 35.5. The second-order valence-corrected chi connectivity index (χ2v) is 3.17. The summed E-state index contributed by atoms with van der Waals surface area (Å²) in [6, 6.07) is 8.02. The Labute approximate surface area is 89.7 Å². The van der Waals surface area contributed by atoms with Crippen molar-refractivity contribution in [3.05, 3.63) is 34.9 Å². The van der Waals surface area contributed by atoms with Gasteiger partial charge in [-0.1, -0.05) is 6.07 Å². The normalized spacial score (nSPS) is 14.3. The minimum absolute atomic E-state index is 0. The van der Waals surface area contributed by atoms with Crippen molar-refractivity contribution in [1.82, 2.24) is 10.4 Å². The first kappa shape index (κ1) is 11.0. The van der Waals surface area contributed by atoms with Crippen LogP contribution in [0.4, 0.5) is 0 Å². The molecule has 0 fully saturated rings. The highest BCUT2D eigenvalue weighted by molar-refractivity contribution is 5.85. The summed E-state index contributed by atoms with van der Waals surface area (Å²) in [5.74, 6) is 0. The predicted octanol–water partition coefficient (Wildman–Crippen LogP) is 1.43. The van der Waals surface area contributed by atoms with Gasteiger partial charge in [-0.3, -0.25) is 5.43 Å². The van der Waals surface area contributed by atoms with Gasteiger partial charge in [0.25, 0.3) is 0 Å². The fraction of sp³-hybridized carbons (Fsp3) is 0.300. The zero-order valence-electron chi connectivity index (χ0n) is 7.95. The Morgan fingerprint density at radius 1 is 1.36 bits per heavy atom. The van der Waals surface area contributed by atoms with E-state index in [1.165, 1.54) is 11.1 Å². The van der Waals surface area contributed by atoms with Crippen LogP contribution in [0.15, 0.2) is 18.2 Å². The lowest BCUT2D eigenvalue weighted by Gasteiger charge is -2.11. The quantitative estimate of drug-likeness (QED) is 0.761. The van der Waals surface area contributed by atoms with Gasteiger partial charge in [0.1, 0.15) is 0 Å². The molecule has 3 nitrogen and oxygen atoms in total. The molecule has 0 aromatic heterocycles. The lowest BCUT2D eigenvalue weighted by Crippen LogP contribution is -2.29. The molecule has 1 aliphatic rings. The maximum atomic E-state index is 8.71. The van der Waals surface area contributed by atoms with Crippen molar-refractivity contribution in [2.75, 3.05) is 7.05 Å². The van der Waals surface area contributed by atoms with Crippen LogP contribution in [0, 0.1) is 11.3 Å². The maximum absolute atomic E-state index is 8.71. The Kier molecular flexibility index (Phi) is 3.48. The number of hydrogen-bond acceptors (Lipinski definition) is 3. The van der Waals surface area contributed by atoms with Crippen LogP contribution in [0.5, 0.6) is 0 Å². The third-order valence-electron chi connectivity index (χ3n) is 2.37. The Balaban J connectivity index is 0.000000980. The van der Waals surface area contributed by atoms with Crippen LogP contribution in [-0.2, 0) is 13.1 Å². The molecule has 4 heteroatoms. The predicted molar refractivity (Wildman–Crippen MR) is 56.7 cm³/mol. The Morgan fingerprint density at radius 3 is 2.71 bits per heavy atom. The molecule has 1 aromatic carbocycles. The highest BCUT2D eigenvalue weighted by Crippen LogP contribution is 2.21. The molecule has 1 N–H and O–H groups in total. The second kappa shape index (κ2) is 4.43. The zero-order valence-corrected chi connectivity index (χ0v) is 8.77. The number of fused-ring (bicyclic) bond motifs is 1. The summed E-state index contributed by atoms with van der Waals surface area (Å²) in [6.45, 7) is 1.82. The van der Waals surface area contributed by atoms with Crippen molar-refractivity contribution in [2.24, 2.45) is 0 Å². The van der Waals surface area contributed by atoms with Gasteiger partial charge in [0.2, 0.25) is 0 Å². The van der Waals surface area contributed by atoms with Crippen molar-refractivity contribution in [1.29, 1.82) is 5.26 Å². The van der Waals surface area contributed by atoms with Gasteiger partial charge in [0.05, 0.1) is 11.6 Å². The van der Waals surface area contributed by atoms with E-state index in [1.807, 2.05) is 25.2 Å². The third-order valence-corrected chi connectivity index (χ3v) is 2.37. The summed E-state index contributed by atoms with van der Waals surface area (Å²) in [6.07, 6.45) is 0. The van der Waals surface area contributed by atoms with E-state index in [-0.39, 0.29) is 12.4 Å². The van der Waals surface area contributed by atoms with E-state index in [9.17, 15) is 0 Å². The summed E-state index contributed by atoms with van der Waals surface area (Å²) in [5.41, 5.74) is 6.42. The Hall–Kier alpha value is -1.08. The molecule has 0 bridgehead atoms. The second-order valence-electron chi connectivity index (χ2n) is 3.17. The number of hydrazine groups is 1. The van der Waals surface area contributed by atoms with Gasteiger partial charge in [0.15, 0.2) is 0 Å². The molecule has 0 saturated carbocycles. The Bertz CT molecular complexity index is 370. The molecule has 0 radical (unpaired) electrons. The summed E-state index contributed by atoms with van der Waals surface area (Å²) in [7, 11) is 1.91. The standard InChI is InChI=1S/C10H11N3.ClH/c1-12-13-6-9-3-2-8(5-11)4-10(9)7-13;/h2-4,12H,6-7H2,1H3;1H. The number of benzene rings is 1. The molecule has 1 aliphatic heterocycles. The lowest BCUT2D eigenvalue weighted by molar-refractivity contribution is 0.212. The van der Waals surface area contributed by atoms with Gasteiger partial charge in [-0.25, -0.2) is 5.01 Å². The molecule has 0 unspecified atom stereocenters. The van der Waals surface area contributed by atoms with Crippen LogP contribution in [0.3, 0.4) is 0 Å². The largest absolute Gasteiger partial charge is 0.258 e. The summed E-state index contributed by atoms with van der Waals surface area (Å²) >= 11 is 0. The van der Waals surface area contributed by atoms with Crippen LogP contribution in [-0.4, -0.2) is 12.1 Å². The molecule has 0 amide bonds. The molecular formula is C10H12ClN3. The Morgan fingerprint density at radius 2 is 2.07 bits per heavy atom. The molecule has 0 aliphatic carbocycles. The van der Waals surface area contributed by atoms with Crippen LogP contribution in [0.25, 0.3) is 0 Å². The van der Waals surface area contributed by atoms with E-state index in [0.717, 1.165) is 18.7 Å². The van der Waals surface area contributed by atoms with E-state index in [4.69, 9.17) is 5.26 Å². The van der Waals surface area contributed by atoms with Crippen LogP contribution >= 0.6 is 12.4 Å². The molecule has 14 heavy (non-hydrogen) atoms. The minimum Gasteiger partial charge on any atom is -0.258 e. The van der Waals surface area contributed by atoms with Crippen LogP contribution < -0.4 is 5.43 Å². The molecular weight excluding hydrogens is 198 g/mol. The average Bonchev–Trinajstić information content (AvgIpc) is 2.58. The molecule has 0 atom stereocenters. The first-order valence-electron chi connectivity index (χ1n) is 4.27. The molecule has 2 rings (SSSR count). The smallest absolute Gasteiger partial charge is 0.0991 e. The monoisotopic (exact) mass is 209 g/mol. The highest BCUT2D eigenvalue weighted by Gasteiger charge is 2.17. The topological polar surface area (TPSA) is 39.1 Å². The lowest BCUT2D eigenvalue weighted by atomic mass is 10.1. The number of nitriles is 1. The number of hydrogen-bond donors (Lipinski definition) is 1. The summed E-state index contributed by atoms with van der Waals surface area (Å²) in [4.78, 5) is 0. The number of halogens is 1. The molecule has 0 saturated heterocycles. The fourth-order valence-corrected chi connectivity index (χ4v) is 1.62. The van der Waals surface area contributed by atoms with Gasteiger partial charge < -0.3 is 0 Å². The maximum Gasteiger partial charge on any atom is 0.0991 e. The molecule has 1 aromatic rings. The van der Waals surface area contributed by atoms with E-state index < -0.39 is 0 Å². The van der Waals surface area contributed by atoms with E-state index in [1.54, 1.807) is 0 Å². The van der Waals surface area contributed by atoms with Crippen molar-refractivity contribution >= 4 is 12.4 Å². The van der Waals surface area contributed by atoms with Crippen molar-refractivity contribution < 1.29 is 0 Å². The molecule has 74 valence electrons. The number of nitrogens with zero attached hydrogens (tertiary/aromatic N) is 2. The van der Waals surface area contributed by atoms with Crippen LogP contribution in [0.2, 0.25) is 0 Å². The summed E-state index contributed by atoms with van der Waals surface area (Å²) in [5, 5.41) is 10.8. The van der Waals surface area contributed by atoms with Crippen molar-refractivity contribution in [3.63, 3.8) is 0 Å². The number of rotatable bonds is 1. The first-order chi connectivity index (χ1) is 6.33. The zero-order chi connectivity index (χ0) is 9.26. The minimum atomic E-state index is 0. The van der Waals surface area contributed by atoms with Crippen LogP contribution in [0.1, 0.15) is 16.7 Å². The van der Waals surface area contributed by atoms with E-state index in [0.29, 0.717) is 0 Å². The summed E-state index contributed by atoms with van der Waals surface area (Å²) < 4.78 is 0. The van der Waals surface area contributed by atoms with Gasteiger partial charge in [0, 0.05) is 13.1 Å².